The molecule has 1 aromatic carbocycles. The molecule has 1 amide bonds. The lowest BCUT2D eigenvalue weighted by atomic mass is 9.93. The van der Waals surface area contributed by atoms with Crippen LogP contribution in [-0.4, -0.2) is 48.1 Å². The standard InChI is InChI=1S/C17H22N2O3/c20-16(18-8-5-13(6-9-18)11-17(21)22)12-19-10-7-14-3-1-2-4-15(14)19/h1-4,13H,5-12H2,(H,21,22). The molecule has 3 rings (SSSR count). The molecule has 0 saturated carbocycles. The highest BCUT2D eigenvalue weighted by Gasteiger charge is 2.27. The first kappa shape index (κ1) is 14.9. The van der Waals surface area contributed by atoms with Crippen LogP contribution in [0.3, 0.4) is 0 Å². The second-order valence-corrected chi connectivity index (χ2v) is 6.22. The first-order valence-electron chi connectivity index (χ1n) is 7.96. The quantitative estimate of drug-likeness (QED) is 0.920. The molecule has 0 bridgehead atoms. The number of carbonyl (C=O) groups is 2. The van der Waals surface area contributed by atoms with Crippen molar-refractivity contribution >= 4 is 17.6 Å². The first-order valence-corrected chi connectivity index (χ1v) is 7.96. The number of amides is 1. The number of hydrogen-bond acceptors (Lipinski definition) is 3. The number of likely N-dealkylation sites (tertiary alicyclic amines) is 1. The molecule has 2 aliphatic rings. The van der Waals surface area contributed by atoms with Gasteiger partial charge in [0.05, 0.1) is 6.54 Å². The van der Waals surface area contributed by atoms with Crippen LogP contribution in [0.2, 0.25) is 0 Å². The molecule has 0 aliphatic carbocycles. The second kappa shape index (κ2) is 6.38. The zero-order valence-electron chi connectivity index (χ0n) is 12.7. The maximum Gasteiger partial charge on any atom is 0.303 e. The third kappa shape index (κ3) is 3.24. The molecule has 1 saturated heterocycles. The van der Waals surface area contributed by atoms with Gasteiger partial charge in [-0.15, -0.1) is 0 Å². The summed E-state index contributed by atoms with van der Waals surface area (Å²) < 4.78 is 0. The molecular formula is C17H22N2O3. The van der Waals surface area contributed by atoms with Crippen LogP contribution in [0.15, 0.2) is 24.3 Å². The Labute approximate surface area is 130 Å². The second-order valence-electron chi connectivity index (χ2n) is 6.22. The van der Waals surface area contributed by atoms with E-state index in [0.29, 0.717) is 19.6 Å². The molecule has 118 valence electrons. The Hall–Kier alpha value is -2.04. The predicted octanol–water partition coefficient (Wildman–Crippen LogP) is 1.76. The highest BCUT2D eigenvalue weighted by molar-refractivity contribution is 5.82. The SMILES string of the molecule is O=C(O)CC1CCN(C(=O)CN2CCc3ccccc32)CC1. The summed E-state index contributed by atoms with van der Waals surface area (Å²) in [5.41, 5.74) is 2.49. The van der Waals surface area contributed by atoms with Gasteiger partial charge in [0, 0.05) is 31.7 Å². The summed E-state index contributed by atoms with van der Waals surface area (Å²) in [5, 5.41) is 8.84. The lowest BCUT2D eigenvalue weighted by Gasteiger charge is -2.33. The topological polar surface area (TPSA) is 60.9 Å². The minimum Gasteiger partial charge on any atom is -0.481 e. The van der Waals surface area contributed by atoms with Crippen molar-refractivity contribution in [2.45, 2.75) is 25.7 Å². The summed E-state index contributed by atoms with van der Waals surface area (Å²) in [4.78, 5) is 27.2. The number of para-hydroxylation sites is 1. The number of piperidine rings is 1. The summed E-state index contributed by atoms with van der Waals surface area (Å²) in [6, 6.07) is 8.25. The van der Waals surface area contributed by atoms with E-state index in [9.17, 15) is 9.59 Å². The van der Waals surface area contributed by atoms with Crippen LogP contribution in [-0.2, 0) is 16.0 Å². The Balaban J connectivity index is 1.53. The normalized spacial score (nSPS) is 18.4. The van der Waals surface area contributed by atoms with Crippen molar-refractivity contribution in [2.75, 3.05) is 31.1 Å². The van der Waals surface area contributed by atoms with Gasteiger partial charge in [-0.25, -0.2) is 0 Å². The summed E-state index contributed by atoms with van der Waals surface area (Å²) in [6.45, 7) is 2.71. The van der Waals surface area contributed by atoms with E-state index in [4.69, 9.17) is 5.11 Å². The zero-order valence-corrected chi connectivity index (χ0v) is 12.7. The Bertz CT molecular complexity index is 565. The van der Waals surface area contributed by atoms with Crippen molar-refractivity contribution in [3.05, 3.63) is 29.8 Å². The molecule has 1 aromatic rings. The van der Waals surface area contributed by atoms with Crippen LogP contribution in [0, 0.1) is 5.92 Å². The van der Waals surface area contributed by atoms with Crippen molar-refractivity contribution in [1.29, 1.82) is 0 Å². The largest absolute Gasteiger partial charge is 0.481 e. The van der Waals surface area contributed by atoms with Crippen LogP contribution in [0.5, 0.6) is 0 Å². The number of nitrogens with zero attached hydrogens (tertiary/aromatic N) is 2. The Morgan fingerprint density at radius 1 is 1.14 bits per heavy atom. The summed E-state index contributed by atoms with van der Waals surface area (Å²) in [5.74, 6) is -0.363. The molecule has 2 aliphatic heterocycles. The molecule has 1 fully saturated rings. The van der Waals surface area contributed by atoms with Crippen molar-refractivity contribution in [3.63, 3.8) is 0 Å². The van der Waals surface area contributed by atoms with E-state index in [1.165, 1.54) is 11.3 Å². The number of carbonyl (C=O) groups excluding carboxylic acids is 1. The minimum absolute atomic E-state index is 0.158. The molecule has 0 atom stereocenters. The number of rotatable bonds is 4. The van der Waals surface area contributed by atoms with Crippen molar-refractivity contribution < 1.29 is 14.7 Å². The Morgan fingerprint density at radius 2 is 1.86 bits per heavy atom. The number of carboxylic acid groups (broad SMARTS) is 1. The lowest BCUT2D eigenvalue weighted by Crippen LogP contribution is -2.44. The molecule has 0 unspecified atom stereocenters. The number of benzene rings is 1. The highest BCUT2D eigenvalue weighted by atomic mass is 16.4. The minimum atomic E-state index is -0.738. The van der Waals surface area contributed by atoms with Gasteiger partial charge in [0.2, 0.25) is 5.91 Å². The van der Waals surface area contributed by atoms with Crippen molar-refractivity contribution in [3.8, 4) is 0 Å². The molecule has 5 nitrogen and oxygen atoms in total. The van der Waals surface area contributed by atoms with Gasteiger partial charge in [-0.3, -0.25) is 9.59 Å². The van der Waals surface area contributed by atoms with Gasteiger partial charge in [0.25, 0.3) is 0 Å². The van der Waals surface area contributed by atoms with Gasteiger partial charge in [-0.2, -0.15) is 0 Å². The van der Waals surface area contributed by atoms with E-state index >= 15 is 0 Å². The molecule has 5 heteroatoms. The van der Waals surface area contributed by atoms with Gasteiger partial charge in [0.15, 0.2) is 0 Å². The summed E-state index contributed by atoms with van der Waals surface area (Å²) in [7, 11) is 0. The van der Waals surface area contributed by atoms with Gasteiger partial charge < -0.3 is 14.9 Å². The molecule has 22 heavy (non-hydrogen) atoms. The van der Waals surface area contributed by atoms with Crippen molar-refractivity contribution in [1.82, 2.24) is 4.90 Å². The zero-order chi connectivity index (χ0) is 15.5. The van der Waals surface area contributed by atoms with E-state index in [2.05, 4.69) is 17.0 Å². The van der Waals surface area contributed by atoms with Crippen LogP contribution in [0.25, 0.3) is 0 Å². The average Bonchev–Trinajstić information content (AvgIpc) is 2.91. The number of fused-ring (bicyclic) bond motifs is 1. The molecular weight excluding hydrogens is 280 g/mol. The molecule has 0 spiro atoms. The maximum atomic E-state index is 12.5. The monoisotopic (exact) mass is 302 g/mol. The summed E-state index contributed by atoms with van der Waals surface area (Å²) in [6.07, 6.45) is 2.83. The molecule has 2 heterocycles. The number of hydrogen-bond donors (Lipinski definition) is 1. The van der Waals surface area contributed by atoms with E-state index in [1.54, 1.807) is 0 Å². The van der Waals surface area contributed by atoms with Gasteiger partial charge >= 0.3 is 5.97 Å². The lowest BCUT2D eigenvalue weighted by molar-refractivity contribution is -0.138. The van der Waals surface area contributed by atoms with E-state index < -0.39 is 5.97 Å². The average molecular weight is 302 g/mol. The fourth-order valence-corrected chi connectivity index (χ4v) is 3.47. The van der Waals surface area contributed by atoms with E-state index in [0.717, 1.165) is 25.8 Å². The Morgan fingerprint density at radius 3 is 2.59 bits per heavy atom. The van der Waals surface area contributed by atoms with Crippen LogP contribution >= 0.6 is 0 Å². The number of aliphatic carboxylic acids is 1. The van der Waals surface area contributed by atoms with Gasteiger partial charge in [0.1, 0.15) is 0 Å². The van der Waals surface area contributed by atoms with Crippen LogP contribution in [0.4, 0.5) is 5.69 Å². The number of carboxylic acids is 1. The smallest absolute Gasteiger partial charge is 0.303 e. The molecule has 0 radical (unpaired) electrons. The summed E-state index contributed by atoms with van der Waals surface area (Å²) >= 11 is 0. The fraction of sp³-hybridized carbons (Fsp3) is 0.529. The third-order valence-electron chi connectivity index (χ3n) is 4.74. The van der Waals surface area contributed by atoms with Crippen LogP contribution < -0.4 is 4.90 Å². The van der Waals surface area contributed by atoms with E-state index in [1.807, 2.05) is 17.0 Å². The van der Waals surface area contributed by atoms with Crippen LogP contribution in [0.1, 0.15) is 24.8 Å². The third-order valence-corrected chi connectivity index (χ3v) is 4.74. The molecule has 0 aromatic heterocycles. The highest BCUT2D eigenvalue weighted by Crippen LogP contribution is 2.27. The van der Waals surface area contributed by atoms with E-state index in [-0.39, 0.29) is 18.2 Å². The van der Waals surface area contributed by atoms with Crippen molar-refractivity contribution in [2.24, 2.45) is 5.92 Å². The maximum absolute atomic E-state index is 12.5. The van der Waals surface area contributed by atoms with Gasteiger partial charge in [-0.1, -0.05) is 18.2 Å². The Kier molecular flexibility index (Phi) is 4.32. The molecule has 1 N–H and O–H groups in total. The van der Waals surface area contributed by atoms with Gasteiger partial charge in [-0.05, 0) is 36.8 Å². The first-order chi connectivity index (χ1) is 10.6. The fourth-order valence-electron chi connectivity index (χ4n) is 3.47. The predicted molar refractivity (Wildman–Crippen MR) is 83.9 cm³/mol. The number of anilines is 1.